The quantitative estimate of drug-likeness (QED) is 0.200. The summed E-state index contributed by atoms with van der Waals surface area (Å²) in [6, 6.07) is 48.6. The average molecular weight is 549 g/mol. The highest BCUT2D eigenvalue weighted by Gasteiger charge is 2.18. The van der Waals surface area contributed by atoms with Crippen molar-refractivity contribution in [2.75, 3.05) is 0 Å². The maximum Gasteiger partial charge on any atom is 0.142 e. The monoisotopic (exact) mass is 548 g/mol. The lowest BCUT2D eigenvalue weighted by atomic mass is 9.85. The van der Waals surface area contributed by atoms with E-state index in [1.165, 1.54) is 76.8 Å². The molecule has 9 rings (SSSR count). The van der Waals surface area contributed by atoms with Gasteiger partial charge in [-0.25, -0.2) is 0 Å². The molecule has 1 nitrogen and oxygen atoms in total. The molecule has 0 unspecified atom stereocenters. The molecule has 1 heterocycles. The number of hydrogen-bond donors (Lipinski definition) is 0. The predicted molar refractivity (Wildman–Crippen MR) is 182 cm³/mol. The number of furan rings is 1. The van der Waals surface area contributed by atoms with Crippen LogP contribution in [0.15, 0.2) is 144 Å². The van der Waals surface area contributed by atoms with Crippen molar-refractivity contribution in [3.05, 3.63) is 151 Å². The highest BCUT2D eigenvalue weighted by molar-refractivity contribution is 6.21. The lowest BCUT2D eigenvalue weighted by Crippen LogP contribution is -1.93. The zero-order valence-corrected chi connectivity index (χ0v) is 23.7. The minimum Gasteiger partial charge on any atom is -0.455 e. The van der Waals surface area contributed by atoms with Crippen molar-refractivity contribution in [2.24, 2.45) is 0 Å². The van der Waals surface area contributed by atoms with Gasteiger partial charge >= 0.3 is 0 Å². The van der Waals surface area contributed by atoms with Crippen LogP contribution in [0.5, 0.6) is 0 Å². The van der Waals surface area contributed by atoms with Crippen LogP contribution in [0.3, 0.4) is 0 Å². The minimum atomic E-state index is 0.941. The van der Waals surface area contributed by atoms with E-state index in [-0.39, 0.29) is 0 Å². The number of benzene rings is 7. The van der Waals surface area contributed by atoms with Gasteiger partial charge in [-0.1, -0.05) is 127 Å². The summed E-state index contributed by atoms with van der Waals surface area (Å²) in [5.74, 6) is 0. The van der Waals surface area contributed by atoms with Gasteiger partial charge in [-0.15, -0.1) is 0 Å². The van der Waals surface area contributed by atoms with E-state index in [1.54, 1.807) is 0 Å². The van der Waals surface area contributed by atoms with Gasteiger partial charge in [0.1, 0.15) is 11.2 Å². The zero-order valence-electron chi connectivity index (χ0n) is 23.7. The molecular formula is C42H28O. The molecule has 8 aromatic rings. The van der Waals surface area contributed by atoms with Crippen LogP contribution in [0.1, 0.15) is 17.5 Å². The normalized spacial score (nSPS) is 12.8. The van der Waals surface area contributed by atoms with Crippen LogP contribution in [0.25, 0.3) is 82.9 Å². The molecule has 0 spiro atoms. The maximum absolute atomic E-state index is 6.43. The fourth-order valence-corrected chi connectivity index (χ4v) is 7.13. The van der Waals surface area contributed by atoms with Crippen molar-refractivity contribution in [1.29, 1.82) is 0 Å². The summed E-state index contributed by atoms with van der Waals surface area (Å²) in [6.45, 7) is 0. The molecule has 1 aliphatic carbocycles. The molecule has 0 bridgehead atoms. The van der Waals surface area contributed by atoms with Gasteiger partial charge in [0, 0.05) is 16.3 Å². The summed E-state index contributed by atoms with van der Waals surface area (Å²) in [4.78, 5) is 0. The van der Waals surface area contributed by atoms with Crippen molar-refractivity contribution in [3.8, 4) is 33.4 Å². The van der Waals surface area contributed by atoms with Crippen molar-refractivity contribution >= 4 is 49.6 Å². The lowest BCUT2D eigenvalue weighted by Gasteiger charge is -2.18. The molecule has 0 amide bonds. The Balaban J connectivity index is 1.25. The largest absolute Gasteiger partial charge is 0.455 e. The van der Waals surface area contributed by atoms with Gasteiger partial charge < -0.3 is 4.42 Å². The van der Waals surface area contributed by atoms with Crippen LogP contribution in [0.4, 0.5) is 0 Å². The molecule has 0 saturated carbocycles. The Labute approximate surface area is 250 Å². The van der Waals surface area contributed by atoms with E-state index in [9.17, 15) is 0 Å². The molecule has 1 aliphatic rings. The summed E-state index contributed by atoms with van der Waals surface area (Å²) in [6.07, 6.45) is 6.66. The second-order valence-corrected chi connectivity index (χ2v) is 11.6. The SMILES string of the molecule is C1=Cc2c(ccc3c2oc2ccc(-c4cccc(-c5c6ccccc6c(-c6ccccc6)c6ccccc56)c4)cc23)CC1. The van der Waals surface area contributed by atoms with Gasteiger partial charge in [-0.05, 0) is 91.5 Å². The van der Waals surface area contributed by atoms with Crippen molar-refractivity contribution in [3.63, 3.8) is 0 Å². The second kappa shape index (κ2) is 9.58. The van der Waals surface area contributed by atoms with Gasteiger partial charge in [0.25, 0.3) is 0 Å². The first-order valence-electron chi connectivity index (χ1n) is 15.1. The molecule has 1 heteroatoms. The van der Waals surface area contributed by atoms with Crippen LogP contribution >= 0.6 is 0 Å². The Morgan fingerprint density at radius 2 is 1.07 bits per heavy atom. The average Bonchev–Trinajstić information content (AvgIpc) is 3.46. The van der Waals surface area contributed by atoms with Crippen LogP contribution in [0, 0.1) is 0 Å². The first kappa shape index (κ1) is 24.2. The highest BCUT2D eigenvalue weighted by Crippen LogP contribution is 2.44. The second-order valence-electron chi connectivity index (χ2n) is 11.6. The number of aryl methyl sites for hydroxylation is 1. The number of allylic oxidation sites excluding steroid dienone is 1. The van der Waals surface area contributed by atoms with Crippen LogP contribution in [0.2, 0.25) is 0 Å². The Hall–Kier alpha value is -5.40. The van der Waals surface area contributed by atoms with E-state index in [2.05, 4.69) is 146 Å². The Morgan fingerprint density at radius 1 is 0.442 bits per heavy atom. The molecule has 0 fully saturated rings. The summed E-state index contributed by atoms with van der Waals surface area (Å²) in [5.41, 5.74) is 12.0. The summed E-state index contributed by atoms with van der Waals surface area (Å²) in [7, 11) is 0. The summed E-state index contributed by atoms with van der Waals surface area (Å²) < 4.78 is 6.43. The van der Waals surface area contributed by atoms with E-state index < -0.39 is 0 Å². The molecule has 7 aromatic carbocycles. The van der Waals surface area contributed by atoms with Gasteiger partial charge in [-0.3, -0.25) is 0 Å². The third-order valence-corrected chi connectivity index (χ3v) is 9.11. The van der Waals surface area contributed by atoms with Crippen molar-refractivity contribution < 1.29 is 4.42 Å². The van der Waals surface area contributed by atoms with Crippen LogP contribution in [-0.4, -0.2) is 0 Å². The Bertz CT molecular complexity index is 2330. The standard InChI is InChI=1S/C42H28O/c1-2-12-28(13-3-1)40-33-17-6-8-19-35(33)41(36-20-9-7-18-34(36)40)31-15-10-14-29(25-31)30-22-24-39-38(26-30)37-23-21-27-11-4-5-16-32(27)42(37)43-39/h1-3,5-10,12-26H,4,11H2. The highest BCUT2D eigenvalue weighted by atomic mass is 16.3. The first-order chi connectivity index (χ1) is 21.3. The van der Waals surface area contributed by atoms with E-state index in [0.717, 1.165) is 24.0 Å². The van der Waals surface area contributed by atoms with Crippen LogP contribution in [-0.2, 0) is 6.42 Å². The van der Waals surface area contributed by atoms with Gasteiger partial charge in [0.05, 0.1) is 0 Å². The smallest absolute Gasteiger partial charge is 0.142 e. The molecule has 0 radical (unpaired) electrons. The van der Waals surface area contributed by atoms with Crippen LogP contribution < -0.4 is 0 Å². The zero-order chi connectivity index (χ0) is 28.3. The van der Waals surface area contributed by atoms with Gasteiger partial charge in [0.15, 0.2) is 0 Å². The number of fused-ring (bicyclic) bond motifs is 7. The molecular weight excluding hydrogens is 520 g/mol. The van der Waals surface area contributed by atoms with Gasteiger partial charge in [0.2, 0.25) is 0 Å². The van der Waals surface area contributed by atoms with E-state index >= 15 is 0 Å². The molecule has 0 aliphatic heterocycles. The van der Waals surface area contributed by atoms with E-state index in [1.807, 2.05) is 0 Å². The third kappa shape index (κ3) is 3.78. The molecule has 202 valence electrons. The summed E-state index contributed by atoms with van der Waals surface area (Å²) >= 11 is 0. The van der Waals surface area contributed by atoms with Gasteiger partial charge in [-0.2, -0.15) is 0 Å². The fraction of sp³-hybridized carbons (Fsp3) is 0.0476. The maximum atomic E-state index is 6.43. The summed E-state index contributed by atoms with van der Waals surface area (Å²) in [5, 5.41) is 7.44. The minimum absolute atomic E-state index is 0.941. The first-order valence-corrected chi connectivity index (χ1v) is 15.1. The molecule has 43 heavy (non-hydrogen) atoms. The predicted octanol–water partition coefficient (Wildman–Crippen LogP) is 11.9. The topological polar surface area (TPSA) is 13.1 Å². The fourth-order valence-electron chi connectivity index (χ4n) is 7.13. The molecule has 0 atom stereocenters. The Morgan fingerprint density at radius 3 is 1.81 bits per heavy atom. The number of rotatable bonds is 3. The molecule has 0 saturated heterocycles. The number of hydrogen-bond acceptors (Lipinski definition) is 1. The van der Waals surface area contributed by atoms with E-state index in [4.69, 9.17) is 4.42 Å². The third-order valence-electron chi connectivity index (χ3n) is 9.11. The van der Waals surface area contributed by atoms with E-state index in [0.29, 0.717) is 0 Å². The van der Waals surface area contributed by atoms with Crippen molar-refractivity contribution in [2.45, 2.75) is 12.8 Å². The molecule has 0 N–H and O–H groups in total. The Kier molecular flexibility index (Phi) is 5.39. The molecule has 1 aromatic heterocycles. The van der Waals surface area contributed by atoms with Crippen molar-refractivity contribution in [1.82, 2.24) is 0 Å². The lowest BCUT2D eigenvalue weighted by molar-refractivity contribution is 0.666.